The van der Waals surface area contributed by atoms with E-state index in [1.54, 1.807) is 0 Å². The van der Waals surface area contributed by atoms with E-state index in [-0.39, 0.29) is 17.5 Å². The van der Waals surface area contributed by atoms with E-state index in [0.29, 0.717) is 11.3 Å². The van der Waals surface area contributed by atoms with Crippen LogP contribution >= 0.6 is 0 Å². The Bertz CT molecular complexity index is 377. The molecular weight excluding hydrogens is 292 g/mol. The molecule has 1 aliphatic carbocycles. The second-order valence-electron chi connectivity index (χ2n) is 8.36. The molecular formula is C19H36O4. The molecule has 0 saturated heterocycles. The van der Waals surface area contributed by atoms with Crippen LogP contribution in [0.5, 0.6) is 0 Å². The van der Waals surface area contributed by atoms with E-state index < -0.39 is 5.97 Å². The van der Waals surface area contributed by atoms with Gasteiger partial charge in [0.1, 0.15) is 5.60 Å². The Kier molecular flexibility index (Phi) is 8.86. The second-order valence-corrected chi connectivity index (χ2v) is 8.36. The molecule has 1 N–H and O–H groups in total. The van der Waals surface area contributed by atoms with E-state index in [4.69, 9.17) is 4.74 Å². The van der Waals surface area contributed by atoms with Gasteiger partial charge in [-0.2, -0.15) is 0 Å². The lowest BCUT2D eigenvalue weighted by molar-refractivity contribution is -0.152. The molecule has 4 heteroatoms. The SMILES string of the molecule is CC(=O)OC(C)(C)C.CCC(C)CC(CC1(C)CCC1)C(=O)O. The Morgan fingerprint density at radius 3 is 2.00 bits per heavy atom. The maximum atomic E-state index is 11.2. The summed E-state index contributed by atoms with van der Waals surface area (Å²) < 4.78 is 4.80. The van der Waals surface area contributed by atoms with E-state index in [2.05, 4.69) is 20.8 Å². The predicted molar refractivity (Wildman–Crippen MR) is 93.3 cm³/mol. The van der Waals surface area contributed by atoms with Crippen molar-refractivity contribution in [1.29, 1.82) is 0 Å². The van der Waals surface area contributed by atoms with Crippen LogP contribution in [-0.4, -0.2) is 22.6 Å². The Labute approximate surface area is 142 Å². The third-order valence-electron chi connectivity index (χ3n) is 4.48. The van der Waals surface area contributed by atoms with Crippen molar-refractivity contribution in [3.63, 3.8) is 0 Å². The zero-order chi connectivity index (χ0) is 18.3. The summed E-state index contributed by atoms with van der Waals surface area (Å²) in [4.78, 5) is 21.4. The summed E-state index contributed by atoms with van der Waals surface area (Å²) >= 11 is 0. The number of ether oxygens (including phenoxy) is 1. The van der Waals surface area contributed by atoms with E-state index in [1.165, 1.54) is 26.2 Å². The van der Waals surface area contributed by atoms with Gasteiger partial charge in [0.25, 0.3) is 0 Å². The fourth-order valence-corrected chi connectivity index (χ4v) is 2.93. The van der Waals surface area contributed by atoms with E-state index in [9.17, 15) is 14.7 Å². The first-order valence-corrected chi connectivity index (χ1v) is 8.81. The molecule has 0 bridgehead atoms. The van der Waals surface area contributed by atoms with Gasteiger partial charge in [0, 0.05) is 6.92 Å². The first kappa shape index (κ1) is 21.9. The average Bonchev–Trinajstić information content (AvgIpc) is 2.33. The highest BCUT2D eigenvalue weighted by molar-refractivity contribution is 5.70. The summed E-state index contributed by atoms with van der Waals surface area (Å²) in [7, 11) is 0. The smallest absolute Gasteiger partial charge is 0.306 e. The first-order chi connectivity index (χ1) is 10.4. The van der Waals surface area contributed by atoms with Crippen LogP contribution < -0.4 is 0 Å². The van der Waals surface area contributed by atoms with Gasteiger partial charge in [-0.05, 0) is 57.8 Å². The standard InChI is InChI=1S/C13H24O2.C6H12O2/c1-4-10(2)8-11(12(14)15)9-13(3)6-5-7-13;1-5(7)8-6(2,3)4/h10-11H,4-9H2,1-3H3,(H,14,15);1-4H3. The van der Waals surface area contributed by atoms with Gasteiger partial charge in [-0.1, -0.05) is 33.6 Å². The van der Waals surface area contributed by atoms with Gasteiger partial charge in [-0.15, -0.1) is 0 Å². The van der Waals surface area contributed by atoms with Crippen LogP contribution in [0.4, 0.5) is 0 Å². The van der Waals surface area contributed by atoms with Crippen molar-refractivity contribution in [3.05, 3.63) is 0 Å². The Hall–Kier alpha value is -1.06. The van der Waals surface area contributed by atoms with Gasteiger partial charge in [-0.25, -0.2) is 0 Å². The van der Waals surface area contributed by atoms with Gasteiger partial charge in [0.05, 0.1) is 5.92 Å². The van der Waals surface area contributed by atoms with Crippen LogP contribution in [0.3, 0.4) is 0 Å². The lowest BCUT2D eigenvalue weighted by atomic mass is 9.65. The molecule has 1 rings (SSSR count). The highest BCUT2D eigenvalue weighted by Gasteiger charge is 2.36. The van der Waals surface area contributed by atoms with Crippen LogP contribution in [0.25, 0.3) is 0 Å². The number of carbonyl (C=O) groups is 2. The number of carboxylic acids is 1. The summed E-state index contributed by atoms with van der Waals surface area (Å²) in [5, 5.41) is 9.20. The minimum absolute atomic E-state index is 0.120. The summed E-state index contributed by atoms with van der Waals surface area (Å²) in [6, 6.07) is 0. The highest BCUT2D eigenvalue weighted by atomic mass is 16.6. The van der Waals surface area contributed by atoms with Crippen LogP contribution in [0, 0.1) is 17.3 Å². The molecule has 0 radical (unpaired) electrons. The van der Waals surface area contributed by atoms with Crippen molar-refractivity contribution < 1.29 is 19.4 Å². The minimum Gasteiger partial charge on any atom is -0.481 e. The number of carboxylic acid groups (broad SMARTS) is 1. The van der Waals surface area contributed by atoms with Gasteiger partial charge in [-0.3, -0.25) is 9.59 Å². The quantitative estimate of drug-likeness (QED) is 0.693. The molecule has 0 aliphatic heterocycles. The molecule has 1 saturated carbocycles. The summed E-state index contributed by atoms with van der Waals surface area (Å²) in [6.07, 6.45) is 6.54. The number of hydrogen-bond acceptors (Lipinski definition) is 3. The van der Waals surface area contributed by atoms with Crippen molar-refractivity contribution in [2.45, 2.75) is 92.6 Å². The summed E-state index contributed by atoms with van der Waals surface area (Å²) in [6.45, 7) is 13.5. The molecule has 23 heavy (non-hydrogen) atoms. The van der Waals surface area contributed by atoms with E-state index >= 15 is 0 Å². The third kappa shape index (κ3) is 10.4. The monoisotopic (exact) mass is 328 g/mol. The summed E-state index contributed by atoms with van der Waals surface area (Å²) in [5.41, 5.74) is 0.00233. The number of hydrogen-bond donors (Lipinski definition) is 1. The Morgan fingerprint density at radius 2 is 1.78 bits per heavy atom. The number of rotatable bonds is 6. The lowest BCUT2D eigenvalue weighted by Crippen LogP contribution is -2.31. The van der Waals surface area contributed by atoms with Crippen molar-refractivity contribution in [3.8, 4) is 0 Å². The molecule has 4 nitrogen and oxygen atoms in total. The van der Waals surface area contributed by atoms with Gasteiger partial charge in [0.2, 0.25) is 0 Å². The average molecular weight is 328 g/mol. The fraction of sp³-hybridized carbons (Fsp3) is 0.895. The molecule has 0 aromatic rings. The maximum absolute atomic E-state index is 11.2. The highest BCUT2D eigenvalue weighted by Crippen LogP contribution is 2.46. The molecule has 2 atom stereocenters. The Morgan fingerprint density at radius 1 is 1.26 bits per heavy atom. The van der Waals surface area contributed by atoms with E-state index in [1.807, 2.05) is 20.8 Å². The van der Waals surface area contributed by atoms with Crippen molar-refractivity contribution in [2.75, 3.05) is 0 Å². The van der Waals surface area contributed by atoms with Crippen LogP contribution in [0.15, 0.2) is 0 Å². The second kappa shape index (κ2) is 9.29. The van der Waals surface area contributed by atoms with Gasteiger partial charge in [0.15, 0.2) is 0 Å². The van der Waals surface area contributed by atoms with Crippen molar-refractivity contribution in [2.24, 2.45) is 17.3 Å². The van der Waals surface area contributed by atoms with Crippen LogP contribution in [-0.2, 0) is 14.3 Å². The molecule has 1 fully saturated rings. The molecule has 2 unspecified atom stereocenters. The number of aliphatic carboxylic acids is 1. The number of carbonyl (C=O) groups excluding carboxylic acids is 1. The van der Waals surface area contributed by atoms with Crippen LogP contribution in [0.2, 0.25) is 0 Å². The zero-order valence-corrected chi connectivity index (χ0v) is 16.1. The molecule has 0 aromatic heterocycles. The molecule has 0 spiro atoms. The predicted octanol–water partition coefficient (Wildman–Crippen LogP) is 5.05. The minimum atomic E-state index is -0.594. The van der Waals surface area contributed by atoms with Crippen molar-refractivity contribution >= 4 is 11.9 Å². The van der Waals surface area contributed by atoms with Crippen molar-refractivity contribution in [1.82, 2.24) is 0 Å². The zero-order valence-electron chi connectivity index (χ0n) is 16.1. The first-order valence-electron chi connectivity index (χ1n) is 8.81. The van der Waals surface area contributed by atoms with E-state index in [0.717, 1.165) is 19.3 Å². The topological polar surface area (TPSA) is 63.6 Å². The molecule has 0 amide bonds. The van der Waals surface area contributed by atoms with Gasteiger partial charge >= 0.3 is 11.9 Å². The normalized spacial score (nSPS) is 18.7. The molecule has 0 aromatic carbocycles. The number of esters is 1. The van der Waals surface area contributed by atoms with Crippen LogP contribution in [0.1, 0.15) is 87.0 Å². The molecule has 1 aliphatic rings. The van der Waals surface area contributed by atoms with Gasteiger partial charge < -0.3 is 9.84 Å². The largest absolute Gasteiger partial charge is 0.481 e. The molecule has 0 heterocycles. The summed E-state index contributed by atoms with van der Waals surface area (Å²) in [5.74, 6) is -0.402. The maximum Gasteiger partial charge on any atom is 0.306 e. The molecule has 136 valence electrons. The third-order valence-corrected chi connectivity index (χ3v) is 4.48. The Balaban J connectivity index is 0.000000515. The fourth-order valence-electron chi connectivity index (χ4n) is 2.93. The lowest BCUT2D eigenvalue weighted by Gasteiger charge is -2.40.